The van der Waals surface area contributed by atoms with Gasteiger partial charge in [-0.15, -0.1) is 0 Å². The molecule has 2 N–H and O–H groups in total. The van der Waals surface area contributed by atoms with Crippen molar-refractivity contribution >= 4 is 28.5 Å². The van der Waals surface area contributed by atoms with Gasteiger partial charge in [0, 0.05) is 29.4 Å². The summed E-state index contributed by atoms with van der Waals surface area (Å²) in [6.45, 7) is 0.662. The Labute approximate surface area is 127 Å². The van der Waals surface area contributed by atoms with E-state index in [1.807, 2.05) is 18.2 Å². The van der Waals surface area contributed by atoms with E-state index in [1.165, 1.54) is 0 Å². The first-order chi connectivity index (χ1) is 10.6. The molecular weight excluding hydrogens is 284 g/mol. The second-order valence-corrected chi connectivity index (χ2v) is 5.50. The average Bonchev–Trinajstić information content (AvgIpc) is 3.08. The monoisotopic (exact) mass is 302 g/mol. The molecule has 22 heavy (non-hydrogen) atoms. The van der Waals surface area contributed by atoms with Crippen molar-refractivity contribution in [1.82, 2.24) is 4.57 Å². The lowest BCUT2D eigenvalue weighted by Crippen LogP contribution is -2.19. The van der Waals surface area contributed by atoms with Crippen LogP contribution in [0.3, 0.4) is 0 Å². The van der Waals surface area contributed by atoms with Gasteiger partial charge >= 0.3 is 5.97 Å². The number of nitrogens with one attached hydrogen (secondary N) is 1. The molecule has 1 aromatic heterocycles. The number of nitrogens with zero attached hydrogens (tertiary/aromatic N) is 1. The van der Waals surface area contributed by atoms with Gasteiger partial charge in [-0.25, -0.2) is 0 Å². The number of amides is 1. The zero-order chi connectivity index (χ0) is 15.5. The Morgan fingerprint density at radius 3 is 2.95 bits per heavy atom. The number of fused-ring (bicyclic) bond motifs is 1. The number of aromatic nitrogens is 1. The predicted octanol–water partition coefficient (Wildman–Crippen LogP) is 2.23. The molecule has 1 fully saturated rings. The van der Waals surface area contributed by atoms with E-state index in [1.54, 1.807) is 16.8 Å². The molecule has 0 spiro atoms. The van der Waals surface area contributed by atoms with E-state index in [9.17, 15) is 9.59 Å². The number of hydrogen-bond donors (Lipinski definition) is 2. The molecule has 2 heterocycles. The Hall–Kier alpha value is -2.34. The number of benzene rings is 1. The molecule has 1 aliphatic rings. The molecule has 0 saturated carbocycles. The van der Waals surface area contributed by atoms with Crippen LogP contribution in [0.5, 0.6) is 0 Å². The first-order valence-electron chi connectivity index (χ1n) is 7.34. The van der Waals surface area contributed by atoms with Gasteiger partial charge in [0.25, 0.3) is 0 Å². The molecule has 1 unspecified atom stereocenters. The number of carboxylic acid groups (broad SMARTS) is 1. The molecule has 6 heteroatoms. The van der Waals surface area contributed by atoms with Crippen LogP contribution in [0.1, 0.15) is 19.3 Å². The second kappa shape index (κ2) is 6.19. The summed E-state index contributed by atoms with van der Waals surface area (Å²) in [5, 5.41) is 12.6. The highest BCUT2D eigenvalue weighted by atomic mass is 16.5. The summed E-state index contributed by atoms with van der Waals surface area (Å²) in [6, 6.07) is 7.29. The average molecular weight is 302 g/mol. The minimum absolute atomic E-state index is 0.0281. The maximum absolute atomic E-state index is 12.0. The molecule has 1 atom stereocenters. The van der Waals surface area contributed by atoms with Crippen molar-refractivity contribution in [2.75, 3.05) is 11.9 Å². The van der Waals surface area contributed by atoms with Crippen molar-refractivity contribution in [2.24, 2.45) is 0 Å². The van der Waals surface area contributed by atoms with E-state index in [4.69, 9.17) is 9.84 Å². The van der Waals surface area contributed by atoms with Gasteiger partial charge in [-0.05, 0) is 37.1 Å². The maximum Gasteiger partial charge on any atom is 0.323 e. The largest absolute Gasteiger partial charge is 0.480 e. The van der Waals surface area contributed by atoms with Gasteiger partial charge < -0.3 is 19.7 Å². The number of rotatable bonds is 5. The number of hydrogen-bond acceptors (Lipinski definition) is 3. The normalized spacial score (nSPS) is 17.7. The van der Waals surface area contributed by atoms with Crippen molar-refractivity contribution < 1.29 is 19.4 Å². The molecule has 6 nitrogen and oxygen atoms in total. The van der Waals surface area contributed by atoms with Gasteiger partial charge in [0.1, 0.15) is 6.54 Å². The lowest BCUT2D eigenvalue weighted by molar-refractivity contribution is -0.137. The third kappa shape index (κ3) is 3.28. The lowest BCUT2D eigenvalue weighted by atomic mass is 10.1. The van der Waals surface area contributed by atoms with Crippen LogP contribution in [-0.4, -0.2) is 34.3 Å². The topological polar surface area (TPSA) is 80.6 Å². The fourth-order valence-corrected chi connectivity index (χ4v) is 2.79. The minimum atomic E-state index is -0.883. The van der Waals surface area contributed by atoms with Crippen LogP contribution in [0.4, 0.5) is 5.69 Å². The van der Waals surface area contributed by atoms with Crippen LogP contribution >= 0.6 is 0 Å². The van der Waals surface area contributed by atoms with Gasteiger partial charge in [-0.3, -0.25) is 9.59 Å². The van der Waals surface area contributed by atoms with Crippen molar-refractivity contribution in [2.45, 2.75) is 31.9 Å². The van der Waals surface area contributed by atoms with Gasteiger partial charge in [0.2, 0.25) is 5.91 Å². The minimum Gasteiger partial charge on any atom is -0.480 e. The molecule has 116 valence electrons. The SMILES string of the molecule is O=C(O)Cn1ccc2cc(NC(=O)CC3CCCO3)ccc21. The summed E-state index contributed by atoms with van der Waals surface area (Å²) < 4.78 is 7.11. The predicted molar refractivity (Wildman–Crippen MR) is 81.8 cm³/mol. The van der Waals surface area contributed by atoms with E-state index in [0.29, 0.717) is 12.1 Å². The van der Waals surface area contributed by atoms with Gasteiger partial charge in [0.05, 0.1) is 12.5 Å². The van der Waals surface area contributed by atoms with E-state index in [2.05, 4.69) is 5.32 Å². The zero-order valence-electron chi connectivity index (χ0n) is 12.1. The first-order valence-corrected chi connectivity index (χ1v) is 7.34. The summed E-state index contributed by atoms with van der Waals surface area (Å²) in [5.41, 5.74) is 1.54. The van der Waals surface area contributed by atoms with E-state index in [-0.39, 0.29) is 18.6 Å². The molecule has 1 saturated heterocycles. The third-order valence-corrected chi connectivity index (χ3v) is 3.80. The Balaban J connectivity index is 1.69. The molecule has 0 aliphatic carbocycles. The first kappa shape index (κ1) is 14.6. The number of anilines is 1. The number of carbonyl (C=O) groups excluding carboxylic acids is 1. The van der Waals surface area contributed by atoms with Crippen LogP contribution in [0.15, 0.2) is 30.5 Å². The summed E-state index contributed by atoms with van der Waals surface area (Å²) in [7, 11) is 0. The maximum atomic E-state index is 12.0. The molecule has 0 radical (unpaired) electrons. The highest BCUT2D eigenvalue weighted by Crippen LogP contribution is 2.21. The van der Waals surface area contributed by atoms with Crippen molar-refractivity contribution in [3.63, 3.8) is 0 Å². The van der Waals surface area contributed by atoms with Crippen molar-refractivity contribution in [3.8, 4) is 0 Å². The highest BCUT2D eigenvalue weighted by molar-refractivity contribution is 5.94. The fraction of sp³-hybridized carbons (Fsp3) is 0.375. The second-order valence-electron chi connectivity index (χ2n) is 5.50. The Bertz CT molecular complexity index is 701. The quantitative estimate of drug-likeness (QED) is 0.887. The van der Waals surface area contributed by atoms with Gasteiger partial charge in [-0.2, -0.15) is 0 Å². The lowest BCUT2D eigenvalue weighted by Gasteiger charge is -2.10. The summed E-state index contributed by atoms with van der Waals surface area (Å²) in [6.07, 6.45) is 4.08. The van der Waals surface area contributed by atoms with E-state index in [0.717, 1.165) is 30.4 Å². The van der Waals surface area contributed by atoms with Crippen LogP contribution in [0, 0.1) is 0 Å². The van der Waals surface area contributed by atoms with Crippen molar-refractivity contribution in [3.05, 3.63) is 30.5 Å². The highest BCUT2D eigenvalue weighted by Gasteiger charge is 2.19. The standard InChI is InChI=1S/C16H18N2O4/c19-15(9-13-2-1-7-22-13)17-12-3-4-14-11(8-12)5-6-18(14)10-16(20)21/h3-6,8,13H,1-2,7,9-10H2,(H,17,19)(H,20,21). The van der Waals surface area contributed by atoms with Crippen LogP contribution in [0.25, 0.3) is 10.9 Å². The van der Waals surface area contributed by atoms with Crippen LogP contribution in [0.2, 0.25) is 0 Å². The fourth-order valence-electron chi connectivity index (χ4n) is 2.79. The Kier molecular flexibility index (Phi) is 4.11. The molecule has 1 aliphatic heterocycles. The molecular formula is C16H18N2O4. The summed E-state index contributed by atoms with van der Waals surface area (Å²) in [5.74, 6) is -0.942. The van der Waals surface area contributed by atoms with Crippen molar-refractivity contribution in [1.29, 1.82) is 0 Å². The third-order valence-electron chi connectivity index (χ3n) is 3.80. The summed E-state index contributed by atoms with van der Waals surface area (Å²) >= 11 is 0. The number of aliphatic carboxylic acids is 1. The molecule has 0 bridgehead atoms. The van der Waals surface area contributed by atoms with Gasteiger partial charge in [0.15, 0.2) is 0 Å². The number of ether oxygens (including phenoxy) is 1. The smallest absolute Gasteiger partial charge is 0.323 e. The Morgan fingerprint density at radius 1 is 1.36 bits per heavy atom. The van der Waals surface area contributed by atoms with Crippen LogP contribution in [-0.2, 0) is 20.9 Å². The van der Waals surface area contributed by atoms with E-state index >= 15 is 0 Å². The number of carbonyl (C=O) groups is 2. The molecule has 2 aromatic rings. The number of carboxylic acids is 1. The van der Waals surface area contributed by atoms with Gasteiger partial charge in [-0.1, -0.05) is 0 Å². The van der Waals surface area contributed by atoms with Crippen LogP contribution < -0.4 is 5.32 Å². The zero-order valence-corrected chi connectivity index (χ0v) is 12.1. The molecule has 3 rings (SSSR count). The molecule has 1 amide bonds. The molecule has 1 aromatic carbocycles. The van der Waals surface area contributed by atoms with E-state index < -0.39 is 5.97 Å². The summed E-state index contributed by atoms with van der Waals surface area (Å²) in [4.78, 5) is 22.8. The Morgan fingerprint density at radius 2 is 2.23 bits per heavy atom.